The van der Waals surface area contributed by atoms with Crippen LogP contribution in [0.3, 0.4) is 0 Å². The number of alkyl halides is 1. The maximum absolute atomic E-state index is 2.36. The first-order chi connectivity index (χ1) is 7.04. The average Bonchev–Trinajstić information content (AvgIpc) is 2.18. The van der Waals surface area contributed by atoms with Gasteiger partial charge in [-0.3, -0.25) is 0 Å². The van der Waals surface area contributed by atoms with E-state index >= 15 is 0 Å². The standard InChI is InChI=1S/C13H21IN/c1-10-6-7-13(14-3)12(8-10)9-11(2)15(4)5/h6-8,11H,9H2,1-5H3/q-1/t11-/m1/s1. The summed E-state index contributed by atoms with van der Waals surface area (Å²) in [6.07, 6.45) is 1.18. The summed E-state index contributed by atoms with van der Waals surface area (Å²) in [7, 11) is 4.31. The summed E-state index contributed by atoms with van der Waals surface area (Å²) < 4.78 is 1.60. The number of hydrogen-bond donors (Lipinski definition) is 0. The molecule has 15 heavy (non-hydrogen) atoms. The van der Waals surface area contributed by atoms with E-state index in [4.69, 9.17) is 0 Å². The van der Waals surface area contributed by atoms with Gasteiger partial charge in [-0.25, -0.2) is 0 Å². The molecule has 0 saturated heterocycles. The minimum atomic E-state index is 0.205. The summed E-state index contributed by atoms with van der Waals surface area (Å²) in [6.45, 7) is 4.47. The summed E-state index contributed by atoms with van der Waals surface area (Å²) in [5.41, 5.74) is 2.95. The van der Waals surface area contributed by atoms with Crippen molar-refractivity contribution in [3.63, 3.8) is 0 Å². The molecule has 1 nitrogen and oxygen atoms in total. The van der Waals surface area contributed by atoms with Gasteiger partial charge in [-0.05, 0) is 0 Å². The Morgan fingerprint density at radius 2 is 2.00 bits per heavy atom. The molecule has 1 aromatic rings. The van der Waals surface area contributed by atoms with Crippen molar-refractivity contribution in [2.45, 2.75) is 26.3 Å². The Morgan fingerprint density at radius 1 is 1.33 bits per heavy atom. The van der Waals surface area contributed by atoms with Crippen LogP contribution < -0.4 is 21.2 Å². The second-order valence-corrected chi connectivity index (χ2v) is 6.54. The molecule has 0 fully saturated rings. The predicted molar refractivity (Wildman–Crippen MR) is 62.7 cm³/mol. The van der Waals surface area contributed by atoms with Crippen molar-refractivity contribution < 1.29 is 21.2 Å². The van der Waals surface area contributed by atoms with Crippen LogP contribution in [0, 0.1) is 10.5 Å². The van der Waals surface area contributed by atoms with Crippen molar-refractivity contribution in [3.05, 3.63) is 32.9 Å². The minimum absolute atomic E-state index is 0.205. The Morgan fingerprint density at radius 3 is 2.53 bits per heavy atom. The molecule has 0 aliphatic heterocycles. The van der Waals surface area contributed by atoms with Gasteiger partial charge >= 0.3 is 104 Å². The normalized spacial score (nSPS) is 13.5. The maximum atomic E-state index is 2.36. The van der Waals surface area contributed by atoms with Crippen LogP contribution in [0.15, 0.2) is 18.2 Å². The Hall–Kier alpha value is -0.0900. The fourth-order valence-electron chi connectivity index (χ4n) is 1.55. The van der Waals surface area contributed by atoms with Gasteiger partial charge < -0.3 is 0 Å². The number of benzene rings is 1. The van der Waals surface area contributed by atoms with Crippen molar-refractivity contribution >= 4 is 0 Å². The van der Waals surface area contributed by atoms with E-state index in [2.05, 4.69) is 56.0 Å². The first kappa shape index (κ1) is 13.0. The van der Waals surface area contributed by atoms with Crippen LogP contribution in [0.5, 0.6) is 0 Å². The van der Waals surface area contributed by atoms with E-state index in [1.165, 1.54) is 12.0 Å². The third-order valence-corrected chi connectivity index (χ3v) is 5.02. The van der Waals surface area contributed by atoms with Gasteiger partial charge in [0.2, 0.25) is 0 Å². The first-order valence-corrected chi connectivity index (χ1v) is 8.53. The topological polar surface area (TPSA) is 3.24 Å². The van der Waals surface area contributed by atoms with Crippen LogP contribution in [0.2, 0.25) is 0 Å². The second kappa shape index (κ2) is 5.85. The molecule has 0 aromatic heterocycles. The van der Waals surface area contributed by atoms with Crippen LogP contribution in [0.4, 0.5) is 0 Å². The van der Waals surface area contributed by atoms with Crippen molar-refractivity contribution in [3.8, 4) is 0 Å². The van der Waals surface area contributed by atoms with Gasteiger partial charge in [0.1, 0.15) is 0 Å². The first-order valence-electron chi connectivity index (χ1n) is 5.30. The summed E-state index contributed by atoms with van der Waals surface area (Å²) >= 11 is 0.205. The SMILES string of the molecule is C[I-]c1ccc(C)cc1C[C@@H](C)N(C)C. The molecule has 0 unspecified atom stereocenters. The fourth-order valence-corrected chi connectivity index (χ4v) is 3.15. The Bertz CT molecular complexity index is 320. The fraction of sp³-hybridized carbons (Fsp3) is 0.538. The molecule has 2 heteroatoms. The molecule has 0 saturated carbocycles. The molecule has 0 spiro atoms. The van der Waals surface area contributed by atoms with Crippen LogP contribution in [-0.2, 0) is 6.42 Å². The monoisotopic (exact) mass is 318 g/mol. The third kappa shape index (κ3) is 3.76. The number of rotatable bonds is 4. The van der Waals surface area contributed by atoms with Gasteiger partial charge in [-0.1, -0.05) is 0 Å². The van der Waals surface area contributed by atoms with Gasteiger partial charge in [0.25, 0.3) is 0 Å². The predicted octanol–water partition coefficient (Wildman–Crippen LogP) is -0.624. The molecule has 1 aromatic carbocycles. The summed E-state index contributed by atoms with van der Waals surface area (Å²) in [5.74, 6) is 0. The van der Waals surface area contributed by atoms with E-state index < -0.39 is 0 Å². The number of aryl methyl sites for hydroxylation is 1. The average molecular weight is 318 g/mol. The van der Waals surface area contributed by atoms with Crippen LogP contribution >= 0.6 is 0 Å². The Balaban J connectivity index is 2.87. The van der Waals surface area contributed by atoms with E-state index in [-0.39, 0.29) is 21.2 Å². The van der Waals surface area contributed by atoms with Gasteiger partial charge in [0.15, 0.2) is 0 Å². The Labute approximate surface area is 104 Å². The van der Waals surface area contributed by atoms with Crippen molar-refractivity contribution in [1.82, 2.24) is 4.90 Å². The number of likely N-dealkylation sites (N-methyl/N-ethyl adjacent to an activating group) is 1. The molecule has 0 amide bonds. The van der Waals surface area contributed by atoms with E-state index in [1.54, 1.807) is 9.13 Å². The molecule has 86 valence electrons. The quantitative estimate of drug-likeness (QED) is 0.528. The summed E-state index contributed by atoms with van der Waals surface area (Å²) in [6, 6.07) is 7.54. The molecule has 0 heterocycles. The molecular weight excluding hydrogens is 297 g/mol. The van der Waals surface area contributed by atoms with Crippen LogP contribution in [0.25, 0.3) is 0 Å². The number of halogens is 1. The number of nitrogens with zero attached hydrogens (tertiary/aromatic N) is 1. The molecule has 0 radical (unpaired) electrons. The van der Waals surface area contributed by atoms with Crippen LogP contribution in [0.1, 0.15) is 18.1 Å². The van der Waals surface area contributed by atoms with Crippen molar-refractivity contribution in [2.75, 3.05) is 19.0 Å². The molecular formula is C13H21IN-. The molecule has 0 aliphatic carbocycles. The summed E-state index contributed by atoms with van der Waals surface area (Å²) in [4.78, 5) is 4.63. The molecule has 1 rings (SSSR count). The van der Waals surface area contributed by atoms with E-state index in [0.29, 0.717) is 6.04 Å². The van der Waals surface area contributed by atoms with Crippen molar-refractivity contribution in [2.24, 2.45) is 0 Å². The molecule has 0 aliphatic rings. The zero-order valence-corrected chi connectivity index (χ0v) is 12.5. The molecule has 0 bridgehead atoms. The van der Waals surface area contributed by atoms with Gasteiger partial charge in [0.05, 0.1) is 0 Å². The third-order valence-electron chi connectivity index (χ3n) is 2.80. The molecule has 0 N–H and O–H groups in total. The summed E-state index contributed by atoms with van der Waals surface area (Å²) in [5, 5.41) is 0. The van der Waals surface area contributed by atoms with Crippen LogP contribution in [-0.4, -0.2) is 30.0 Å². The van der Waals surface area contributed by atoms with E-state index in [1.807, 2.05) is 0 Å². The van der Waals surface area contributed by atoms with Gasteiger partial charge in [-0.2, -0.15) is 0 Å². The van der Waals surface area contributed by atoms with Gasteiger partial charge in [0, 0.05) is 0 Å². The molecule has 1 atom stereocenters. The zero-order chi connectivity index (χ0) is 11.4. The number of hydrogen-bond acceptors (Lipinski definition) is 1. The van der Waals surface area contributed by atoms with Gasteiger partial charge in [-0.15, -0.1) is 0 Å². The van der Waals surface area contributed by atoms with E-state index in [9.17, 15) is 0 Å². The van der Waals surface area contributed by atoms with E-state index in [0.717, 1.165) is 0 Å². The van der Waals surface area contributed by atoms with Crippen molar-refractivity contribution in [1.29, 1.82) is 0 Å². The second-order valence-electron chi connectivity index (χ2n) is 4.30. The Kier molecular flexibility index (Phi) is 5.06. The zero-order valence-electron chi connectivity index (χ0n) is 10.3.